The second-order valence-electron chi connectivity index (χ2n) is 8.39. The third kappa shape index (κ3) is 2.87. The van der Waals surface area contributed by atoms with Crippen molar-refractivity contribution in [2.75, 3.05) is 46.3 Å². The van der Waals surface area contributed by atoms with Gasteiger partial charge in [-0.15, -0.1) is 0 Å². The Kier molecular flexibility index (Phi) is 4.32. The number of piperidine rings is 1. The number of hydrogen-bond acceptors (Lipinski definition) is 6. The molecule has 0 radical (unpaired) electrons. The molecule has 1 amide bonds. The molecule has 0 bridgehead atoms. The number of carbonyl (C=O) groups excluding carboxylic acids is 1. The molecule has 0 spiro atoms. The van der Waals surface area contributed by atoms with Gasteiger partial charge >= 0.3 is 0 Å². The van der Waals surface area contributed by atoms with Crippen LogP contribution in [0.25, 0.3) is 0 Å². The summed E-state index contributed by atoms with van der Waals surface area (Å²) < 4.78 is 5.46. The van der Waals surface area contributed by atoms with Crippen LogP contribution in [0.3, 0.4) is 0 Å². The van der Waals surface area contributed by atoms with Crippen molar-refractivity contribution in [2.45, 2.75) is 38.5 Å². The van der Waals surface area contributed by atoms with Crippen molar-refractivity contribution in [1.82, 2.24) is 25.3 Å². The zero-order valence-electron chi connectivity index (χ0n) is 15.5. The van der Waals surface area contributed by atoms with E-state index in [1.165, 1.54) is 0 Å². The lowest BCUT2D eigenvalue weighted by molar-refractivity contribution is -0.143. The van der Waals surface area contributed by atoms with E-state index in [9.17, 15) is 4.79 Å². The van der Waals surface area contributed by atoms with E-state index in [2.05, 4.69) is 46.2 Å². The number of likely N-dealkylation sites (tertiary alicyclic amines) is 2. The van der Waals surface area contributed by atoms with E-state index in [1.54, 1.807) is 0 Å². The molecule has 0 saturated carbocycles. The lowest BCUT2D eigenvalue weighted by atomic mass is 9.79. The number of fused-ring (bicyclic) bond motifs is 1. The Hall–Kier alpha value is -1.47. The fourth-order valence-electron chi connectivity index (χ4n) is 4.77. The number of aromatic nitrogens is 2. The molecule has 1 aromatic rings. The highest BCUT2D eigenvalue weighted by Crippen LogP contribution is 2.41. The van der Waals surface area contributed by atoms with Crippen LogP contribution in [0.4, 0.5) is 0 Å². The zero-order valence-corrected chi connectivity index (χ0v) is 15.5. The largest absolute Gasteiger partial charge is 0.342 e. The molecule has 0 unspecified atom stereocenters. The van der Waals surface area contributed by atoms with Gasteiger partial charge in [-0.1, -0.05) is 19.0 Å². The molecular formula is C18H29N5O2. The maximum atomic E-state index is 13.3. The molecule has 3 fully saturated rings. The predicted octanol–water partition coefficient (Wildman–Crippen LogP) is 1.05. The average molecular weight is 347 g/mol. The van der Waals surface area contributed by atoms with E-state index in [1.807, 2.05) is 0 Å². The first-order valence-electron chi connectivity index (χ1n) is 9.52. The summed E-state index contributed by atoms with van der Waals surface area (Å²) in [6, 6.07) is 0. The summed E-state index contributed by atoms with van der Waals surface area (Å²) in [6.45, 7) is 9.41. The van der Waals surface area contributed by atoms with Gasteiger partial charge < -0.3 is 19.6 Å². The van der Waals surface area contributed by atoms with Gasteiger partial charge in [0.15, 0.2) is 5.82 Å². The minimum absolute atomic E-state index is 0.211. The van der Waals surface area contributed by atoms with Crippen molar-refractivity contribution in [3.8, 4) is 0 Å². The van der Waals surface area contributed by atoms with Gasteiger partial charge in [0.2, 0.25) is 11.8 Å². The third-order valence-corrected chi connectivity index (χ3v) is 6.23. The van der Waals surface area contributed by atoms with E-state index in [0.29, 0.717) is 11.8 Å². The van der Waals surface area contributed by atoms with E-state index >= 15 is 0 Å². The van der Waals surface area contributed by atoms with E-state index in [4.69, 9.17) is 4.52 Å². The Bertz CT molecular complexity index is 637. The number of amides is 1. The number of hydrogen-bond donors (Lipinski definition) is 1. The standard InChI is InChI=1S/C18H29N5O2/c1-12(2)15-20-16(25-21-15)13-4-6-23(7-5-13)17(24)18-10-19-8-14(18)9-22(3)11-18/h12-14,19H,4-11H2,1-3H3/t14-,18-/m1/s1. The molecule has 0 aromatic carbocycles. The quantitative estimate of drug-likeness (QED) is 0.881. The van der Waals surface area contributed by atoms with Crippen LogP contribution >= 0.6 is 0 Å². The molecule has 7 nitrogen and oxygen atoms in total. The second-order valence-corrected chi connectivity index (χ2v) is 8.39. The Morgan fingerprint density at radius 1 is 1.36 bits per heavy atom. The first-order valence-corrected chi connectivity index (χ1v) is 9.52. The third-order valence-electron chi connectivity index (χ3n) is 6.23. The molecule has 138 valence electrons. The van der Waals surface area contributed by atoms with E-state index in [-0.39, 0.29) is 17.3 Å². The molecule has 4 heterocycles. The van der Waals surface area contributed by atoms with Crippen molar-refractivity contribution in [1.29, 1.82) is 0 Å². The molecule has 3 aliphatic rings. The number of nitrogens with one attached hydrogen (secondary N) is 1. The van der Waals surface area contributed by atoms with Crippen LogP contribution in [0.5, 0.6) is 0 Å². The molecule has 25 heavy (non-hydrogen) atoms. The number of carbonyl (C=O) groups is 1. The molecule has 0 aliphatic carbocycles. The van der Waals surface area contributed by atoms with E-state index < -0.39 is 0 Å². The van der Waals surface area contributed by atoms with Gasteiger partial charge in [-0.05, 0) is 19.9 Å². The monoisotopic (exact) mass is 347 g/mol. The molecule has 3 saturated heterocycles. The molecule has 7 heteroatoms. The van der Waals surface area contributed by atoms with Gasteiger partial charge in [0.1, 0.15) is 0 Å². The van der Waals surface area contributed by atoms with Crippen molar-refractivity contribution in [2.24, 2.45) is 11.3 Å². The number of nitrogens with zero attached hydrogens (tertiary/aromatic N) is 4. The van der Waals surface area contributed by atoms with Crippen molar-refractivity contribution >= 4 is 5.91 Å². The Morgan fingerprint density at radius 2 is 2.12 bits per heavy atom. The first kappa shape index (κ1) is 17.0. The normalized spacial score (nSPS) is 31.0. The Labute approximate surface area is 149 Å². The van der Waals surface area contributed by atoms with Gasteiger partial charge in [0, 0.05) is 57.0 Å². The van der Waals surface area contributed by atoms with Gasteiger partial charge in [-0.3, -0.25) is 4.79 Å². The fraction of sp³-hybridized carbons (Fsp3) is 0.833. The van der Waals surface area contributed by atoms with Crippen molar-refractivity contribution < 1.29 is 9.32 Å². The van der Waals surface area contributed by atoms with Crippen LogP contribution in [0.2, 0.25) is 0 Å². The molecule has 4 rings (SSSR count). The predicted molar refractivity (Wildman–Crippen MR) is 93.2 cm³/mol. The second kappa shape index (κ2) is 6.36. The summed E-state index contributed by atoms with van der Waals surface area (Å²) in [6.07, 6.45) is 1.82. The Balaban J connectivity index is 1.40. The smallest absolute Gasteiger partial charge is 0.231 e. The molecular weight excluding hydrogens is 318 g/mol. The summed E-state index contributed by atoms with van der Waals surface area (Å²) in [4.78, 5) is 22.2. The highest BCUT2D eigenvalue weighted by molar-refractivity contribution is 5.84. The summed E-state index contributed by atoms with van der Waals surface area (Å²) in [5.41, 5.74) is -0.211. The van der Waals surface area contributed by atoms with Crippen molar-refractivity contribution in [3.05, 3.63) is 11.7 Å². The maximum absolute atomic E-state index is 13.3. The topological polar surface area (TPSA) is 74.5 Å². The average Bonchev–Trinajstić information content (AvgIpc) is 3.28. The van der Waals surface area contributed by atoms with Gasteiger partial charge in [-0.25, -0.2) is 0 Å². The van der Waals surface area contributed by atoms with Crippen LogP contribution < -0.4 is 5.32 Å². The SMILES string of the molecule is CC(C)c1noc(C2CCN(C(=O)[C@@]34CNC[C@@H]3CN(C)C4)CC2)n1. The zero-order chi connectivity index (χ0) is 17.6. The van der Waals surface area contributed by atoms with Crippen LogP contribution in [-0.2, 0) is 4.79 Å². The van der Waals surface area contributed by atoms with Crippen LogP contribution in [-0.4, -0.2) is 72.2 Å². The van der Waals surface area contributed by atoms with Gasteiger partial charge in [-0.2, -0.15) is 4.98 Å². The summed E-state index contributed by atoms with van der Waals surface area (Å²) >= 11 is 0. The van der Waals surface area contributed by atoms with Gasteiger partial charge in [0.25, 0.3) is 0 Å². The minimum atomic E-state index is -0.211. The van der Waals surface area contributed by atoms with Crippen LogP contribution in [0.15, 0.2) is 4.52 Å². The van der Waals surface area contributed by atoms with Crippen molar-refractivity contribution in [3.63, 3.8) is 0 Å². The maximum Gasteiger partial charge on any atom is 0.231 e. The highest BCUT2D eigenvalue weighted by atomic mass is 16.5. The first-order chi connectivity index (χ1) is 12.0. The minimum Gasteiger partial charge on any atom is -0.342 e. The lowest BCUT2D eigenvalue weighted by Crippen LogP contribution is -2.51. The highest BCUT2D eigenvalue weighted by Gasteiger charge is 2.55. The summed E-state index contributed by atoms with van der Waals surface area (Å²) in [5.74, 6) is 2.89. The molecule has 1 N–H and O–H groups in total. The summed E-state index contributed by atoms with van der Waals surface area (Å²) in [5, 5.41) is 7.52. The fourth-order valence-corrected chi connectivity index (χ4v) is 4.77. The van der Waals surface area contributed by atoms with E-state index in [0.717, 1.165) is 63.8 Å². The summed E-state index contributed by atoms with van der Waals surface area (Å²) in [7, 11) is 2.13. The molecule has 2 atom stereocenters. The molecule has 3 aliphatic heterocycles. The van der Waals surface area contributed by atoms with Gasteiger partial charge in [0.05, 0.1) is 5.41 Å². The van der Waals surface area contributed by atoms with Crippen LogP contribution in [0, 0.1) is 11.3 Å². The van der Waals surface area contributed by atoms with Crippen LogP contribution in [0.1, 0.15) is 50.2 Å². The lowest BCUT2D eigenvalue weighted by Gasteiger charge is -2.37. The molecule has 1 aromatic heterocycles. The Morgan fingerprint density at radius 3 is 2.80 bits per heavy atom. The number of rotatable bonds is 3.